The monoisotopic (exact) mass is 543 g/mol. The Morgan fingerprint density at radius 3 is 2.11 bits per heavy atom. The van der Waals surface area contributed by atoms with Crippen LogP contribution in [0.25, 0.3) is 0 Å². The van der Waals surface area contributed by atoms with Crippen molar-refractivity contribution in [3.63, 3.8) is 0 Å². The van der Waals surface area contributed by atoms with Gasteiger partial charge in [0.05, 0.1) is 17.7 Å². The lowest BCUT2D eigenvalue weighted by Crippen LogP contribution is -2.50. The van der Waals surface area contributed by atoms with Gasteiger partial charge in [0.2, 0.25) is 11.8 Å². The first-order valence-corrected chi connectivity index (χ1v) is 13.4. The van der Waals surface area contributed by atoms with E-state index in [9.17, 15) is 18.0 Å². The number of halogens is 1. The van der Waals surface area contributed by atoms with Crippen molar-refractivity contribution in [1.29, 1.82) is 0 Å². The zero-order valence-corrected chi connectivity index (χ0v) is 22.7. The first-order chi connectivity index (χ1) is 17.6. The molecule has 1 unspecified atom stereocenters. The highest BCUT2D eigenvalue weighted by molar-refractivity contribution is 7.92. The summed E-state index contributed by atoms with van der Waals surface area (Å²) >= 11 is 6.03. The highest BCUT2D eigenvalue weighted by Crippen LogP contribution is 2.27. The number of carbonyl (C=O) groups excluding carboxylic acids is 2. The number of carbonyl (C=O) groups is 2. The Bertz CT molecular complexity index is 1330. The molecule has 8 nitrogen and oxygen atoms in total. The molecule has 0 aliphatic rings. The van der Waals surface area contributed by atoms with Crippen molar-refractivity contribution in [2.24, 2.45) is 0 Å². The van der Waals surface area contributed by atoms with E-state index in [-0.39, 0.29) is 23.0 Å². The minimum Gasteiger partial charge on any atom is -0.497 e. The molecule has 1 N–H and O–H groups in total. The lowest BCUT2D eigenvalue weighted by Gasteiger charge is -2.31. The van der Waals surface area contributed by atoms with E-state index >= 15 is 0 Å². The van der Waals surface area contributed by atoms with Gasteiger partial charge in [-0.05, 0) is 67.9 Å². The fourth-order valence-electron chi connectivity index (χ4n) is 3.69. The molecule has 0 fully saturated rings. The summed E-state index contributed by atoms with van der Waals surface area (Å²) in [6.07, 6.45) is 0. The largest absolute Gasteiger partial charge is 0.497 e. The normalized spacial score (nSPS) is 11.9. The third-order valence-corrected chi connectivity index (χ3v) is 7.97. The van der Waals surface area contributed by atoms with Crippen molar-refractivity contribution in [1.82, 2.24) is 10.2 Å². The Morgan fingerprint density at radius 2 is 1.57 bits per heavy atom. The van der Waals surface area contributed by atoms with E-state index in [2.05, 4.69) is 5.32 Å². The maximum Gasteiger partial charge on any atom is 0.264 e. The fraction of sp³-hybridized carbons (Fsp3) is 0.259. The van der Waals surface area contributed by atoms with Gasteiger partial charge >= 0.3 is 0 Å². The van der Waals surface area contributed by atoms with Crippen molar-refractivity contribution < 1.29 is 22.7 Å². The van der Waals surface area contributed by atoms with Crippen molar-refractivity contribution in [2.45, 2.75) is 31.3 Å². The van der Waals surface area contributed by atoms with E-state index in [1.807, 2.05) is 31.2 Å². The average molecular weight is 544 g/mol. The molecule has 3 rings (SSSR count). The first-order valence-electron chi connectivity index (χ1n) is 11.6. The van der Waals surface area contributed by atoms with Gasteiger partial charge in [0.15, 0.2) is 0 Å². The highest BCUT2D eigenvalue weighted by atomic mass is 35.5. The summed E-state index contributed by atoms with van der Waals surface area (Å²) in [4.78, 5) is 27.6. The number of anilines is 1. The molecule has 3 aromatic carbocycles. The van der Waals surface area contributed by atoms with Gasteiger partial charge in [0, 0.05) is 18.6 Å². The number of nitrogens with one attached hydrogen (secondary N) is 1. The predicted octanol–water partition coefficient (Wildman–Crippen LogP) is 4.02. The topological polar surface area (TPSA) is 96.0 Å². The molecule has 0 aromatic heterocycles. The molecule has 196 valence electrons. The highest BCUT2D eigenvalue weighted by Gasteiger charge is 2.32. The van der Waals surface area contributed by atoms with E-state index < -0.39 is 28.5 Å². The first kappa shape index (κ1) is 28.0. The number of sulfonamides is 1. The summed E-state index contributed by atoms with van der Waals surface area (Å²) < 4.78 is 33.6. The zero-order valence-electron chi connectivity index (χ0n) is 21.1. The fourth-order valence-corrected chi connectivity index (χ4v) is 5.23. The molecule has 2 amide bonds. The SMILES string of the molecule is CNC(=O)C(C)N(Cc1ccc(C)cc1)C(=O)CN(c1ccc(Cl)cc1)S(=O)(=O)c1ccc(OC)cc1. The third kappa shape index (κ3) is 6.81. The van der Waals surface area contributed by atoms with Gasteiger partial charge < -0.3 is 15.0 Å². The average Bonchev–Trinajstić information content (AvgIpc) is 2.91. The zero-order chi connectivity index (χ0) is 27.2. The summed E-state index contributed by atoms with van der Waals surface area (Å²) in [5, 5.41) is 2.98. The molecule has 0 saturated heterocycles. The number of likely N-dealkylation sites (N-methyl/N-ethyl adjacent to an activating group) is 1. The molecule has 0 saturated carbocycles. The van der Waals surface area contributed by atoms with Crippen LogP contribution in [-0.2, 0) is 26.2 Å². The molecule has 0 bridgehead atoms. The molecular formula is C27H30ClN3O5S. The number of hydrogen-bond donors (Lipinski definition) is 1. The molecule has 0 aliphatic heterocycles. The number of aryl methyl sites for hydroxylation is 1. The summed E-state index contributed by atoms with van der Waals surface area (Å²) in [6.45, 7) is 3.16. The van der Waals surface area contributed by atoms with Crippen molar-refractivity contribution >= 4 is 39.1 Å². The van der Waals surface area contributed by atoms with Gasteiger partial charge in [-0.25, -0.2) is 8.42 Å². The summed E-state index contributed by atoms with van der Waals surface area (Å²) in [5.41, 5.74) is 2.13. The van der Waals surface area contributed by atoms with Crippen LogP contribution in [0.3, 0.4) is 0 Å². The van der Waals surface area contributed by atoms with Gasteiger partial charge in [0.25, 0.3) is 10.0 Å². The summed E-state index contributed by atoms with van der Waals surface area (Å²) in [6, 6.07) is 18.8. The van der Waals surface area contributed by atoms with Crippen LogP contribution in [0.2, 0.25) is 5.02 Å². The Kier molecular flexibility index (Phi) is 9.18. The standard InChI is InChI=1S/C27H30ClN3O5S/c1-19-5-7-21(8-6-19)17-30(20(2)27(33)29-3)26(32)18-31(23-11-9-22(28)10-12-23)37(34,35)25-15-13-24(36-4)14-16-25/h5-16,20H,17-18H2,1-4H3,(H,29,33). The van der Waals surface area contributed by atoms with E-state index in [1.165, 1.54) is 55.5 Å². The number of nitrogens with zero attached hydrogens (tertiary/aromatic N) is 2. The quantitative estimate of drug-likeness (QED) is 0.417. The van der Waals surface area contributed by atoms with Gasteiger partial charge in [-0.3, -0.25) is 13.9 Å². The number of amides is 2. The Labute approximate surface area is 222 Å². The predicted molar refractivity (Wildman–Crippen MR) is 144 cm³/mol. The maximum atomic E-state index is 13.7. The smallest absolute Gasteiger partial charge is 0.264 e. The van der Waals surface area contributed by atoms with Crippen LogP contribution >= 0.6 is 11.6 Å². The number of methoxy groups -OCH3 is 1. The Balaban J connectivity index is 2.01. The number of hydrogen-bond acceptors (Lipinski definition) is 5. The van der Waals surface area contributed by atoms with Crippen LogP contribution in [0.4, 0.5) is 5.69 Å². The second kappa shape index (κ2) is 12.1. The second-order valence-electron chi connectivity index (χ2n) is 8.46. The lowest BCUT2D eigenvalue weighted by molar-refractivity contribution is -0.139. The second-order valence-corrected chi connectivity index (χ2v) is 10.8. The van der Waals surface area contributed by atoms with Crippen LogP contribution in [0.1, 0.15) is 18.1 Å². The van der Waals surface area contributed by atoms with E-state index in [4.69, 9.17) is 16.3 Å². The van der Waals surface area contributed by atoms with Crippen LogP contribution < -0.4 is 14.4 Å². The molecule has 0 heterocycles. The summed E-state index contributed by atoms with van der Waals surface area (Å²) in [5.74, 6) is -0.406. The Morgan fingerprint density at radius 1 is 0.973 bits per heavy atom. The van der Waals surface area contributed by atoms with Gasteiger partial charge in [-0.15, -0.1) is 0 Å². The molecule has 0 spiro atoms. The van der Waals surface area contributed by atoms with Crippen LogP contribution in [-0.4, -0.2) is 51.9 Å². The number of benzene rings is 3. The molecular weight excluding hydrogens is 514 g/mol. The number of rotatable bonds is 10. The maximum absolute atomic E-state index is 13.7. The molecule has 37 heavy (non-hydrogen) atoms. The molecule has 1 atom stereocenters. The molecule has 3 aromatic rings. The minimum atomic E-state index is -4.16. The van der Waals surface area contributed by atoms with Crippen molar-refractivity contribution in [2.75, 3.05) is 25.0 Å². The van der Waals surface area contributed by atoms with Crippen LogP contribution in [0.5, 0.6) is 5.75 Å². The van der Waals surface area contributed by atoms with Crippen molar-refractivity contribution in [3.05, 3.63) is 88.9 Å². The van der Waals surface area contributed by atoms with E-state index in [1.54, 1.807) is 19.1 Å². The van der Waals surface area contributed by atoms with Gasteiger partial charge in [0.1, 0.15) is 18.3 Å². The molecule has 0 aliphatic carbocycles. The van der Waals surface area contributed by atoms with Crippen LogP contribution in [0.15, 0.2) is 77.7 Å². The van der Waals surface area contributed by atoms with E-state index in [0.717, 1.165) is 15.4 Å². The Hall–Kier alpha value is -3.56. The number of ether oxygens (including phenoxy) is 1. The third-order valence-electron chi connectivity index (χ3n) is 5.93. The summed E-state index contributed by atoms with van der Waals surface area (Å²) in [7, 11) is -1.19. The van der Waals surface area contributed by atoms with Gasteiger partial charge in [-0.2, -0.15) is 0 Å². The minimum absolute atomic E-state index is 0.0134. The lowest BCUT2D eigenvalue weighted by atomic mass is 10.1. The molecule has 0 radical (unpaired) electrons. The van der Waals surface area contributed by atoms with Crippen molar-refractivity contribution in [3.8, 4) is 5.75 Å². The molecule has 10 heteroatoms. The van der Waals surface area contributed by atoms with Gasteiger partial charge in [-0.1, -0.05) is 41.4 Å². The van der Waals surface area contributed by atoms with Crippen LogP contribution in [0, 0.1) is 6.92 Å². The van der Waals surface area contributed by atoms with E-state index in [0.29, 0.717) is 10.8 Å².